The van der Waals surface area contributed by atoms with E-state index in [9.17, 15) is 13.2 Å². The second-order valence-electron chi connectivity index (χ2n) is 7.06. The smallest absolute Gasteiger partial charge is 0.254 e. The van der Waals surface area contributed by atoms with Crippen molar-refractivity contribution in [3.63, 3.8) is 0 Å². The number of benzene rings is 2. The van der Waals surface area contributed by atoms with Crippen LogP contribution < -0.4 is 14.2 Å². The first-order valence-corrected chi connectivity index (χ1v) is 11.1. The zero-order valence-corrected chi connectivity index (χ0v) is 17.7. The van der Waals surface area contributed by atoms with Crippen molar-refractivity contribution in [3.05, 3.63) is 53.6 Å². The molecule has 2 aromatic rings. The van der Waals surface area contributed by atoms with Crippen LogP contribution in [0.1, 0.15) is 36.7 Å². The van der Waals surface area contributed by atoms with Crippen molar-refractivity contribution < 1.29 is 22.7 Å². The molecular formula is C21H26N2O5S. The van der Waals surface area contributed by atoms with Gasteiger partial charge < -0.3 is 14.4 Å². The van der Waals surface area contributed by atoms with E-state index in [0.29, 0.717) is 43.4 Å². The number of sulfonamides is 1. The fraction of sp³-hybridized carbons (Fsp3) is 0.381. The Balaban J connectivity index is 1.78. The predicted octanol–water partition coefficient (Wildman–Crippen LogP) is 2.81. The summed E-state index contributed by atoms with van der Waals surface area (Å²) in [6.07, 6.45) is 0. The number of hydrogen-bond donors (Lipinski definition) is 1. The number of nitrogens with zero attached hydrogens (tertiary/aromatic N) is 1. The normalized spacial score (nSPS) is 13.4. The molecule has 1 heterocycles. The van der Waals surface area contributed by atoms with Crippen molar-refractivity contribution in [2.24, 2.45) is 0 Å². The average molecular weight is 419 g/mol. The molecule has 1 amide bonds. The molecule has 0 fully saturated rings. The van der Waals surface area contributed by atoms with Crippen molar-refractivity contribution in [2.75, 3.05) is 19.8 Å². The number of nitrogens with one attached hydrogen (secondary N) is 1. The monoisotopic (exact) mass is 418 g/mol. The molecule has 0 aromatic heterocycles. The summed E-state index contributed by atoms with van der Waals surface area (Å²) in [7, 11) is -3.59. The van der Waals surface area contributed by atoms with Crippen molar-refractivity contribution in [1.29, 1.82) is 0 Å². The van der Waals surface area contributed by atoms with Crippen molar-refractivity contribution in [2.45, 2.75) is 38.3 Å². The van der Waals surface area contributed by atoms with Crippen LogP contribution in [-0.4, -0.2) is 45.0 Å². The van der Waals surface area contributed by atoms with Crippen molar-refractivity contribution in [3.8, 4) is 11.5 Å². The van der Waals surface area contributed by atoms with E-state index >= 15 is 0 Å². The molecule has 1 N–H and O–H groups in total. The minimum Gasteiger partial charge on any atom is -0.486 e. The summed E-state index contributed by atoms with van der Waals surface area (Å²) in [6, 6.07) is 11.4. The molecule has 3 rings (SSSR count). The molecule has 0 aliphatic carbocycles. The van der Waals surface area contributed by atoms with Gasteiger partial charge in [0, 0.05) is 30.3 Å². The molecule has 1 aliphatic rings. The van der Waals surface area contributed by atoms with E-state index in [-0.39, 0.29) is 16.8 Å². The number of amides is 1. The summed E-state index contributed by atoms with van der Waals surface area (Å²) in [4.78, 5) is 14.8. The lowest BCUT2D eigenvalue weighted by molar-refractivity contribution is 0.0749. The summed E-state index contributed by atoms with van der Waals surface area (Å²) in [5, 5.41) is 0. The van der Waals surface area contributed by atoms with Crippen LogP contribution in [0, 0.1) is 0 Å². The van der Waals surface area contributed by atoms with Crippen LogP contribution >= 0.6 is 0 Å². The number of para-hydroxylation sites is 1. The summed E-state index contributed by atoms with van der Waals surface area (Å²) < 4.78 is 38.4. The maximum Gasteiger partial charge on any atom is 0.254 e. The highest BCUT2D eigenvalue weighted by Crippen LogP contribution is 2.34. The Bertz CT molecular complexity index is 971. The van der Waals surface area contributed by atoms with Gasteiger partial charge in [-0.15, -0.1) is 0 Å². The standard InChI is InChI=1S/C21H26N2O5S/c1-4-23(14-17-6-5-7-19-20(17)28-13-12-27-19)21(24)16-8-10-18(11-9-16)29(25,26)22-15(2)3/h5-11,15,22H,4,12-14H2,1-3H3. The molecule has 7 nitrogen and oxygen atoms in total. The van der Waals surface area contributed by atoms with Crippen molar-refractivity contribution >= 4 is 15.9 Å². The Morgan fingerprint density at radius 3 is 2.45 bits per heavy atom. The first-order valence-electron chi connectivity index (χ1n) is 9.61. The molecule has 0 unspecified atom stereocenters. The average Bonchev–Trinajstić information content (AvgIpc) is 2.71. The topological polar surface area (TPSA) is 84.9 Å². The van der Waals surface area contributed by atoms with Gasteiger partial charge in [0.05, 0.1) is 4.90 Å². The van der Waals surface area contributed by atoms with E-state index in [1.165, 1.54) is 12.1 Å². The third-order valence-electron chi connectivity index (χ3n) is 4.48. The predicted molar refractivity (Wildman–Crippen MR) is 110 cm³/mol. The lowest BCUT2D eigenvalue weighted by Gasteiger charge is -2.25. The second-order valence-corrected chi connectivity index (χ2v) is 8.77. The maximum absolute atomic E-state index is 13.0. The van der Waals surface area contributed by atoms with Gasteiger partial charge in [-0.2, -0.15) is 0 Å². The quantitative estimate of drug-likeness (QED) is 0.747. The number of carbonyl (C=O) groups is 1. The van der Waals surface area contributed by atoms with Gasteiger partial charge in [0.15, 0.2) is 11.5 Å². The Morgan fingerprint density at radius 2 is 1.79 bits per heavy atom. The SMILES string of the molecule is CCN(Cc1cccc2c1OCCO2)C(=O)c1ccc(S(=O)(=O)NC(C)C)cc1. The van der Waals surface area contributed by atoms with Gasteiger partial charge in [-0.1, -0.05) is 12.1 Å². The highest BCUT2D eigenvalue weighted by Gasteiger charge is 2.21. The van der Waals surface area contributed by atoms with E-state index in [1.807, 2.05) is 25.1 Å². The fourth-order valence-corrected chi connectivity index (χ4v) is 4.38. The Hall–Kier alpha value is -2.58. The van der Waals surface area contributed by atoms with E-state index in [0.717, 1.165) is 5.56 Å². The molecule has 2 aromatic carbocycles. The lowest BCUT2D eigenvalue weighted by Crippen LogP contribution is -2.31. The summed E-state index contributed by atoms with van der Waals surface area (Å²) >= 11 is 0. The highest BCUT2D eigenvalue weighted by molar-refractivity contribution is 7.89. The lowest BCUT2D eigenvalue weighted by atomic mass is 10.1. The van der Waals surface area contributed by atoms with Gasteiger partial charge in [-0.05, 0) is 51.1 Å². The first-order chi connectivity index (χ1) is 13.8. The largest absolute Gasteiger partial charge is 0.486 e. The number of fused-ring (bicyclic) bond motifs is 1. The molecule has 0 radical (unpaired) electrons. The molecule has 0 atom stereocenters. The minimum absolute atomic E-state index is 0.133. The zero-order valence-electron chi connectivity index (χ0n) is 16.8. The van der Waals surface area contributed by atoms with E-state index in [2.05, 4.69) is 4.72 Å². The molecular weight excluding hydrogens is 392 g/mol. The summed E-state index contributed by atoms with van der Waals surface area (Å²) in [6.45, 7) is 7.26. The minimum atomic E-state index is -3.59. The Labute approximate surface area is 171 Å². The van der Waals surface area contributed by atoms with Crippen LogP contribution in [0.25, 0.3) is 0 Å². The second kappa shape index (κ2) is 8.84. The first kappa shape index (κ1) is 21.1. The van der Waals surface area contributed by atoms with Gasteiger partial charge in [0.25, 0.3) is 5.91 Å². The van der Waals surface area contributed by atoms with Gasteiger partial charge in [-0.3, -0.25) is 4.79 Å². The molecule has 0 bridgehead atoms. The number of carbonyl (C=O) groups excluding carboxylic acids is 1. The van der Waals surface area contributed by atoms with E-state index in [4.69, 9.17) is 9.47 Å². The van der Waals surface area contributed by atoms with E-state index < -0.39 is 10.0 Å². The fourth-order valence-electron chi connectivity index (χ4n) is 3.13. The third kappa shape index (κ3) is 4.89. The van der Waals surface area contributed by atoms with Crippen LogP contribution in [0.2, 0.25) is 0 Å². The zero-order chi connectivity index (χ0) is 21.0. The summed E-state index contributed by atoms with van der Waals surface area (Å²) in [5.74, 6) is 1.18. The molecule has 0 saturated heterocycles. The van der Waals surface area contributed by atoms with Gasteiger partial charge >= 0.3 is 0 Å². The number of hydrogen-bond acceptors (Lipinski definition) is 5. The van der Waals surface area contributed by atoms with Crippen LogP contribution in [0.3, 0.4) is 0 Å². The van der Waals surface area contributed by atoms with Crippen LogP contribution in [0.5, 0.6) is 11.5 Å². The van der Waals surface area contributed by atoms with E-state index in [1.54, 1.807) is 30.9 Å². The van der Waals surface area contributed by atoms with Gasteiger partial charge in [0.2, 0.25) is 10.0 Å². The van der Waals surface area contributed by atoms with Crippen LogP contribution in [-0.2, 0) is 16.6 Å². The van der Waals surface area contributed by atoms with Crippen molar-refractivity contribution in [1.82, 2.24) is 9.62 Å². The highest BCUT2D eigenvalue weighted by atomic mass is 32.2. The molecule has 0 spiro atoms. The van der Waals surface area contributed by atoms with Crippen LogP contribution in [0.4, 0.5) is 0 Å². The molecule has 29 heavy (non-hydrogen) atoms. The molecule has 1 aliphatic heterocycles. The maximum atomic E-state index is 13.0. The number of rotatable bonds is 7. The van der Waals surface area contributed by atoms with Gasteiger partial charge in [0.1, 0.15) is 13.2 Å². The Morgan fingerprint density at radius 1 is 1.10 bits per heavy atom. The summed E-state index contributed by atoms with van der Waals surface area (Å²) in [5.41, 5.74) is 1.30. The molecule has 0 saturated carbocycles. The van der Waals surface area contributed by atoms with Crippen LogP contribution in [0.15, 0.2) is 47.4 Å². The number of ether oxygens (including phenoxy) is 2. The molecule has 8 heteroatoms. The Kier molecular flexibility index (Phi) is 6.44. The van der Waals surface area contributed by atoms with Gasteiger partial charge in [-0.25, -0.2) is 13.1 Å². The molecule has 156 valence electrons. The third-order valence-corrected chi connectivity index (χ3v) is 6.15.